The molecule has 182 valence electrons. The van der Waals surface area contributed by atoms with Crippen molar-refractivity contribution in [2.45, 2.75) is 24.7 Å². The van der Waals surface area contributed by atoms with Gasteiger partial charge in [-0.2, -0.15) is 27.6 Å². The van der Waals surface area contributed by atoms with Gasteiger partial charge in [-0.3, -0.25) is 0 Å². The first-order valence-corrected chi connectivity index (χ1v) is 11.9. The van der Waals surface area contributed by atoms with Crippen LogP contribution in [0.25, 0.3) is 22.3 Å². The fraction of sp³-hybridized carbons (Fsp3) is 0.421. The van der Waals surface area contributed by atoms with Crippen molar-refractivity contribution in [1.29, 1.82) is 0 Å². The van der Waals surface area contributed by atoms with Crippen molar-refractivity contribution in [3.05, 3.63) is 29.5 Å². The number of halogens is 5. The molecule has 3 heterocycles. The molecule has 2 fully saturated rings. The van der Waals surface area contributed by atoms with E-state index in [2.05, 4.69) is 15.1 Å². The third kappa shape index (κ3) is 3.45. The van der Waals surface area contributed by atoms with Crippen LogP contribution in [0.5, 0.6) is 5.75 Å². The largest absolute Gasteiger partial charge is 0.503 e. The Balaban J connectivity index is 1.56. The highest BCUT2D eigenvalue weighted by molar-refractivity contribution is 7.88. The molecule has 0 spiro atoms. The second kappa shape index (κ2) is 7.21. The lowest BCUT2D eigenvalue weighted by Gasteiger charge is -2.32. The average molecular weight is 504 g/mol. The number of rotatable bonds is 3. The van der Waals surface area contributed by atoms with Crippen LogP contribution in [-0.4, -0.2) is 69.0 Å². The maximum Gasteiger partial charge on any atom is 0.419 e. The zero-order chi connectivity index (χ0) is 24.7. The van der Waals surface area contributed by atoms with E-state index in [4.69, 9.17) is 0 Å². The summed E-state index contributed by atoms with van der Waals surface area (Å²) < 4.78 is 94.5. The Labute approximate surface area is 189 Å². The Morgan fingerprint density at radius 3 is 2.50 bits per heavy atom. The number of fused-ring (bicyclic) bond motifs is 2. The van der Waals surface area contributed by atoms with E-state index in [1.165, 1.54) is 22.2 Å². The minimum Gasteiger partial charge on any atom is -0.503 e. The topological polar surface area (TPSA) is 104 Å². The third-order valence-electron chi connectivity index (χ3n) is 6.04. The van der Waals surface area contributed by atoms with Crippen LogP contribution in [0.3, 0.4) is 0 Å². The van der Waals surface area contributed by atoms with E-state index >= 15 is 0 Å². The van der Waals surface area contributed by atoms with Crippen molar-refractivity contribution in [2.75, 3.05) is 24.2 Å². The van der Waals surface area contributed by atoms with Crippen LogP contribution < -0.4 is 4.90 Å². The van der Waals surface area contributed by atoms with E-state index in [9.17, 15) is 35.5 Å². The number of nitrogens with zero attached hydrogens (tertiary/aromatic N) is 6. The van der Waals surface area contributed by atoms with Gasteiger partial charge < -0.3 is 10.0 Å². The SMILES string of the molecule is Cn1nc(-c2cc(C(F)(F)F)c(F)c(O)c2F)c2cnc(N3CCN(S(C)(=O)=O)C4CC43)nc21. The number of aromatic hydroxyl groups is 1. The zero-order valence-electron chi connectivity index (χ0n) is 17.7. The van der Waals surface area contributed by atoms with Crippen LogP contribution in [0.1, 0.15) is 12.0 Å². The normalized spacial score (nSPS) is 21.2. The minimum atomic E-state index is -5.17. The molecule has 1 aromatic carbocycles. The van der Waals surface area contributed by atoms with Gasteiger partial charge in [0.05, 0.1) is 23.2 Å². The fourth-order valence-corrected chi connectivity index (χ4v) is 5.51. The van der Waals surface area contributed by atoms with Gasteiger partial charge >= 0.3 is 6.18 Å². The van der Waals surface area contributed by atoms with E-state index in [1.807, 2.05) is 4.90 Å². The number of anilines is 1. The van der Waals surface area contributed by atoms with Crippen molar-refractivity contribution in [3.63, 3.8) is 0 Å². The molecule has 2 atom stereocenters. The third-order valence-corrected chi connectivity index (χ3v) is 7.35. The number of hydrogen-bond donors (Lipinski definition) is 1. The van der Waals surface area contributed by atoms with Gasteiger partial charge in [0.1, 0.15) is 5.69 Å². The maximum absolute atomic E-state index is 14.6. The highest BCUT2D eigenvalue weighted by atomic mass is 32.2. The van der Waals surface area contributed by atoms with Crippen molar-refractivity contribution in [3.8, 4) is 17.0 Å². The maximum atomic E-state index is 14.6. The lowest BCUT2D eigenvalue weighted by Crippen LogP contribution is -2.48. The molecule has 0 amide bonds. The summed E-state index contributed by atoms with van der Waals surface area (Å²) in [7, 11) is -1.90. The number of phenolic OH excluding ortho intramolecular Hbond substituents is 1. The van der Waals surface area contributed by atoms with E-state index < -0.39 is 44.7 Å². The quantitative estimate of drug-likeness (QED) is 0.546. The number of alkyl halides is 3. The fourth-order valence-electron chi connectivity index (χ4n) is 4.38. The number of aryl methyl sites for hydroxylation is 1. The van der Waals surface area contributed by atoms with E-state index in [0.29, 0.717) is 13.0 Å². The number of aromatic nitrogens is 4. The van der Waals surface area contributed by atoms with Crippen molar-refractivity contribution in [1.82, 2.24) is 24.1 Å². The van der Waals surface area contributed by atoms with Gasteiger partial charge in [0.2, 0.25) is 16.0 Å². The molecule has 34 heavy (non-hydrogen) atoms. The summed E-state index contributed by atoms with van der Waals surface area (Å²) in [5, 5.41) is 13.8. The van der Waals surface area contributed by atoms with Gasteiger partial charge in [-0.1, -0.05) is 0 Å². The van der Waals surface area contributed by atoms with Gasteiger partial charge in [-0.05, 0) is 12.5 Å². The first-order chi connectivity index (χ1) is 15.8. The van der Waals surface area contributed by atoms with Gasteiger partial charge in [-0.15, -0.1) is 0 Å². The second-order valence-corrected chi connectivity index (χ2v) is 10.2. The van der Waals surface area contributed by atoms with Crippen molar-refractivity contribution >= 4 is 27.0 Å². The number of sulfonamides is 1. The molecule has 2 aromatic heterocycles. The highest BCUT2D eigenvalue weighted by Gasteiger charge is 2.52. The Hall–Kier alpha value is -3.07. The van der Waals surface area contributed by atoms with Crippen LogP contribution >= 0.6 is 0 Å². The Kier molecular flexibility index (Phi) is 4.82. The molecule has 5 rings (SSSR count). The van der Waals surface area contributed by atoms with Crippen LogP contribution in [0.15, 0.2) is 12.3 Å². The molecule has 9 nitrogen and oxygen atoms in total. The number of benzene rings is 1. The molecule has 15 heteroatoms. The Bertz CT molecular complexity index is 1440. The summed E-state index contributed by atoms with van der Waals surface area (Å²) in [6.45, 7) is 0.582. The van der Waals surface area contributed by atoms with E-state index in [0.717, 1.165) is 6.26 Å². The molecule has 3 aromatic rings. The lowest BCUT2D eigenvalue weighted by atomic mass is 10.0. The smallest absolute Gasteiger partial charge is 0.419 e. The standard InChI is InChI=1S/C19H17F5N6O3S/c1-28-17-9(15(27-28)8-5-10(19(22,23)24)14(21)16(31)13(8)20)7-25-18(26-17)29-3-4-30(34(2,32)33)12-6-11(12)29/h5,7,11-12,31H,3-4,6H2,1-2H3. The monoisotopic (exact) mass is 504 g/mol. The van der Waals surface area contributed by atoms with E-state index in [-0.39, 0.29) is 47.4 Å². The summed E-state index contributed by atoms with van der Waals surface area (Å²) in [5.41, 5.74) is -2.72. The number of phenols is 1. The highest BCUT2D eigenvalue weighted by Crippen LogP contribution is 2.42. The Morgan fingerprint density at radius 1 is 1.15 bits per heavy atom. The summed E-state index contributed by atoms with van der Waals surface area (Å²) in [5.74, 6) is -5.20. The van der Waals surface area contributed by atoms with Gasteiger partial charge in [0.15, 0.2) is 23.0 Å². The minimum absolute atomic E-state index is 0.0893. The molecule has 1 saturated heterocycles. The van der Waals surface area contributed by atoms with Crippen LogP contribution in [0.2, 0.25) is 0 Å². The van der Waals surface area contributed by atoms with Crippen LogP contribution in [0.4, 0.5) is 27.9 Å². The number of hydrogen-bond acceptors (Lipinski definition) is 7. The predicted molar refractivity (Wildman–Crippen MR) is 109 cm³/mol. The molecule has 1 aliphatic carbocycles. The molecule has 0 bridgehead atoms. The van der Waals surface area contributed by atoms with Gasteiger partial charge in [0.25, 0.3) is 0 Å². The second-order valence-electron chi connectivity index (χ2n) is 8.26. The first-order valence-electron chi connectivity index (χ1n) is 10.0. The predicted octanol–water partition coefficient (Wildman–Crippen LogP) is 2.26. The van der Waals surface area contributed by atoms with Crippen molar-refractivity contribution in [2.24, 2.45) is 7.05 Å². The zero-order valence-corrected chi connectivity index (χ0v) is 18.5. The summed E-state index contributed by atoms with van der Waals surface area (Å²) in [6.07, 6.45) is -2.17. The lowest BCUT2D eigenvalue weighted by molar-refractivity contribution is -0.140. The Morgan fingerprint density at radius 2 is 1.85 bits per heavy atom. The van der Waals surface area contributed by atoms with E-state index in [1.54, 1.807) is 0 Å². The molecule has 2 aliphatic rings. The molecule has 1 saturated carbocycles. The first kappa shape index (κ1) is 22.7. The summed E-state index contributed by atoms with van der Waals surface area (Å²) >= 11 is 0. The summed E-state index contributed by atoms with van der Waals surface area (Å²) in [4.78, 5) is 10.5. The summed E-state index contributed by atoms with van der Waals surface area (Å²) in [6, 6.07) is -0.0594. The van der Waals surface area contributed by atoms with Gasteiger partial charge in [0, 0.05) is 37.9 Å². The van der Waals surface area contributed by atoms with Gasteiger partial charge in [-0.25, -0.2) is 26.9 Å². The molecule has 2 unspecified atom stereocenters. The molecule has 1 aliphatic heterocycles. The molecular formula is C19H17F5N6O3S. The van der Waals surface area contributed by atoms with Crippen molar-refractivity contribution < 1.29 is 35.5 Å². The molecular weight excluding hydrogens is 487 g/mol. The van der Waals surface area contributed by atoms with Crippen LogP contribution in [0, 0.1) is 11.6 Å². The molecule has 1 N–H and O–H groups in total. The number of piperazine rings is 1. The van der Waals surface area contributed by atoms with Crippen LogP contribution in [-0.2, 0) is 23.2 Å². The average Bonchev–Trinajstić information content (AvgIpc) is 3.48. The molecule has 0 radical (unpaired) electrons.